The van der Waals surface area contributed by atoms with Crippen LogP contribution < -0.4 is 5.32 Å². The summed E-state index contributed by atoms with van der Waals surface area (Å²) in [5.74, 6) is 1.78. The SMILES string of the molecule is CCN(CC)CCCn1cc(-c2cnc3ccc(Cl)nc3c2)cn1.CCN(CC)CCCn1cc(-c2cnc3ccc(Nc4cc(C(C)C)cnn4)nc3c2)cn1. The van der Waals surface area contributed by atoms with Crippen LogP contribution in [0.3, 0.4) is 0 Å². The molecule has 0 atom stereocenters. The number of rotatable bonds is 17. The van der Waals surface area contributed by atoms with E-state index < -0.39 is 0 Å². The largest absolute Gasteiger partial charge is 0.323 e. The highest BCUT2D eigenvalue weighted by atomic mass is 35.5. The highest BCUT2D eigenvalue weighted by Crippen LogP contribution is 2.25. The number of halogens is 1. The minimum Gasteiger partial charge on any atom is -0.323 e. The van der Waals surface area contributed by atoms with Crippen molar-refractivity contribution in [3.05, 3.63) is 96.6 Å². The van der Waals surface area contributed by atoms with Gasteiger partial charge < -0.3 is 15.1 Å². The molecule has 0 unspecified atom stereocenters. The van der Waals surface area contributed by atoms with E-state index in [1.807, 2.05) is 64.5 Å². The molecule has 0 aliphatic carbocycles. The van der Waals surface area contributed by atoms with Gasteiger partial charge in [0.25, 0.3) is 0 Å². The highest BCUT2D eigenvalue weighted by Gasteiger charge is 2.10. The van der Waals surface area contributed by atoms with Crippen molar-refractivity contribution in [1.82, 2.24) is 59.5 Å². The van der Waals surface area contributed by atoms with Crippen LogP contribution in [0.15, 0.2) is 85.8 Å². The van der Waals surface area contributed by atoms with E-state index in [0.717, 1.165) is 115 Å². The Morgan fingerprint density at radius 2 is 1.16 bits per heavy atom. The molecule has 0 amide bonds. The van der Waals surface area contributed by atoms with Crippen LogP contribution in [0.2, 0.25) is 5.15 Å². The summed E-state index contributed by atoms with van der Waals surface area (Å²) in [5, 5.41) is 21.0. The van der Waals surface area contributed by atoms with Gasteiger partial charge in [-0.3, -0.25) is 19.3 Å². The summed E-state index contributed by atoms with van der Waals surface area (Å²) in [7, 11) is 0. The molecule has 7 aromatic heterocycles. The van der Waals surface area contributed by atoms with Crippen molar-refractivity contribution in [2.75, 3.05) is 44.6 Å². The first-order valence-electron chi connectivity index (χ1n) is 20.0. The van der Waals surface area contributed by atoms with Crippen molar-refractivity contribution in [1.29, 1.82) is 0 Å². The molecule has 298 valence electrons. The van der Waals surface area contributed by atoms with Crippen LogP contribution in [0.1, 0.15) is 65.9 Å². The standard InChI is InChI=1S/C25H32N8.C18H22ClN5/c1-5-32(6-2)10-7-11-33-17-21(16-28-33)20-12-23-22(26-14-20)8-9-24(29-23)30-25-13-19(18(3)4)15-27-31-25;1-3-23(4-2)8-5-9-24-13-15(12-21-24)14-10-17-16(20-11-14)6-7-18(19)22-17/h8-9,12-18H,5-7,10-11H2,1-4H3,(H,29,30,31);6-7,10-13H,3-5,8-9H2,1-2H3. The Kier molecular flexibility index (Phi) is 14.6. The van der Waals surface area contributed by atoms with Gasteiger partial charge in [-0.25, -0.2) is 9.97 Å². The Bertz CT molecular complexity index is 2330. The molecule has 0 radical (unpaired) electrons. The molecule has 7 aromatic rings. The van der Waals surface area contributed by atoms with E-state index in [0.29, 0.717) is 22.7 Å². The van der Waals surface area contributed by atoms with E-state index in [1.54, 1.807) is 12.3 Å². The summed E-state index contributed by atoms with van der Waals surface area (Å²) in [6, 6.07) is 13.6. The van der Waals surface area contributed by atoms with E-state index in [1.165, 1.54) is 0 Å². The van der Waals surface area contributed by atoms with Crippen molar-refractivity contribution in [3.8, 4) is 22.3 Å². The molecule has 7 heterocycles. The molecule has 13 nitrogen and oxygen atoms in total. The molecule has 0 saturated carbocycles. The minimum atomic E-state index is 0.385. The zero-order valence-corrected chi connectivity index (χ0v) is 34.7. The van der Waals surface area contributed by atoms with Crippen LogP contribution in [-0.4, -0.2) is 98.8 Å². The average molecular weight is 788 g/mol. The first kappa shape index (κ1) is 41.3. The fourth-order valence-corrected chi connectivity index (χ4v) is 6.68. The molecular weight excluding hydrogens is 734 g/mol. The van der Waals surface area contributed by atoms with Crippen LogP contribution in [-0.2, 0) is 13.1 Å². The number of nitrogens with one attached hydrogen (secondary N) is 1. The predicted molar refractivity (Wildman–Crippen MR) is 231 cm³/mol. The zero-order valence-electron chi connectivity index (χ0n) is 34.0. The van der Waals surface area contributed by atoms with Crippen LogP contribution in [0.5, 0.6) is 0 Å². The lowest BCUT2D eigenvalue weighted by Crippen LogP contribution is -2.24. The Balaban J connectivity index is 0.000000203. The molecule has 0 saturated heterocycles. The summed E-state index contributed by atoms with van der Waals surface area (Å²) in [6.07, 6.45) is 15.6. The van der Waals surface area contributed by atoms with Gasteiger partial charge in [0.2, 0.25) is 0 Å². The molecule has 0 fully saturated rings. The van der Waals surface area contributed by atoms with Crippen molar-refractivity contribution < 1.29 is 0 Å². The molecule has 0 spiro atoms. The van der Waals surface area contributed by atoms with E-state index in [2.05, 4.69) is 110 Å². The molecule has 0 aromatic carbocycles. The first-order chi connectivity index (χ1) is 27.7. The first-order valence-corrected chi connectivity index (χ1v) is 20.4. The van der Waals surface area contributed by atoms with Crippen LogP contribution in [0.4, 0.5) is 11.6 Å². The Hall–Kier alpha value is -5.37. The highest BCUT2D eigenvalue weighted by molar-refractivity contribution is 6.29. The van der Waals surface area contributed by atoms with Gasteiger partial charge in [-0.05, 0) is 106 Å². The van der Waals surface area contributed by atoms with E-state index in [-0.39, 0.29) is 0 Å². The number of hydrogen-bond acceptors (Lipinski definition) is 11. The Labute approximate surface area is 340 Å². The van der Waals surface area contributed by atoms with Crippen molar-refractivity contribution in [2.24, 2.45) is 0 Å². The summed E-state index contributed by atoms with van der Waals surface area (Å²) in [5.41, 5.74) is 8.54. The van der Waals surface area contributed by atoms with Gasteiger partial charge in [-0.2, -0.15) is 15.3 Å². The lowest BCUT2D eigenvalue weighted by atomic mass is 10.1. The third kappa shape index (κ3) is 11.4. The number of aromatic nitrogens is 10. The fraction of sp³-hybridized carbons (Fsp3) is 0.395. The van der Waals surface area contributed by atoms with Crippen LogP contribution >= 0.6 is 11.6 Å². The Morgan fingerprint density at radius 1 is 0.614 bits per heavy atom. The number of aryl methyl sites for hydroxylation is 2. The third-order valence-electron chi connectivity index (χ3n) is 10.1. The lowest BCUT2D eigenvalue weighted by molar-refractivity contribution is 0.291. The van der Waals surface area contributed by atoms with E-state index >= 15 is 0 Å². The van der Waals surface area contributed by atoms with Crippen molar-refractivity contribution >= 4 is 45.3 Å². The number of fused-ring (bicyclic) bond motifs is 2. The second-order valence-electron chi connectivity index (χ2n) is 14.3. The molecule has 0 aliphatic heterocycles. The number of anilines is 2. The van der Waals surface area contributed by atoms with Gasteiger partial charge in [0, 0.05) is 60.1 Å². The maximum absolute atomic E-state index is 5.97. The number of hydrogen-bond donors (Lipinski definition) is 1. The average Bonchev–Trinajstić information content (AvgIpc) is 3.91. The summed E-state index contributed by atoms with van der Waals surface area (Å²) < 4.78 is 4.00. The monoisotopic (exact) mass is 787 g/mol. The lowest BCUT2D eigenvalue weighted by Gasteiger charge is -2.17. The van der Waals surface area contributed by atoms with Gasteiger partial charge in [0.15, 0.2) is 5.82 Å². The molecule has 0 bridgehead atoms. The molecular formula is C43H54ClN13. The minimum absolute atomic E-state index is 0.385. The zero-order chi connectivity index (χ0) is 40.1. The third-order valence-corrected chi connectivity index (χ3v) is 10.3. The number of nitrogens with zero attached hydrogens (tertiary/aromatic N) is 12. The summed E-state index contributed by atoms with van der Waals surface area (Å²) in [6.45, 7) is 21.4. The topological polar surface area (TPSA) is 131 Å². The molecule has 0 aliphatic rings. The quantitative estimate of drug-likeness (QED) is 0.0889. The van der Waals surface area contributed by atoms with Crippen LogP contribution in [0.25, 0.3) is 44.3 Å². The summed E-state index contributed by atoms with van der Waals surface area (Å²) >= 11 is 5.97. The second kappa shape index (κ2) is 20.2. The van der Waals surface area contributed by atoms with Gasteiger partial charge in [0.1, 0.15) is 11.0 Å². The van der Waals surface area contributed by atoms with Crippen molar-refractivity contribution in [3.63, 3.8) is 0 Å². The smallest absolute Gasteiger partial charge is 0.154 e. The molecule has 14 heteroatoms. The van der Waals surface area contributed by atoms with Crippen molar-refractivity contribution in [2.45, 2.75) is 73.4 Å². The molecule has 1 N–H and O–H groups in total. The van der Waals surface area contributed by atoms with E-state index in [9.17, 15) is 0 Å². The fourth-order valence-electron chi connectivity index (χ4n) is 6.53. The molecule has 57 heavy (non-hydrogen) atoms. The van der Waals surface area contributed by atoms with Gasteiger partial charge in [-0.15, -0.1) is 5.10 Å². The maximum Gasteiger partial charge on any atom is 0.154 e. The molecule has 7 rings (SSSR count). The maximum atomic E-state index is 5.97. The predicted octanol–water partition coefficient (Wildman–Crippen LogP) is 8.76. The second-order valence-corrected chi connectivity index (χ2v) is 14.6. The van der Waals surface area contributed by atoms with E-state index in [4.69, 9.17) is 16.6 Å². The van der Waals surface area contributed by atoms with Gasteiger partial charge in [0.05, 0.1) is 40.7 Å². The normalized spacial score (nSPS) is 11.5. The van der Waals surface area contributed by atoms with Crippen LogP contribution in [0, 0.1) is 0 Å². The number of pyridine rings is 4. The van der Waals surface area contributed by atoms with Gasteiger partial charge >= 0.3 is 0 Å². The van der Waals surface area contributed by atoms with Gasteiger partial charge in [-0.1, -0.05) is 53.1 Å². The Morgan fingerprint density at radius 3 is 1.70 bits per heavy atom. The summed E-state index contributed by atoms with van der Waals surface area (Å²) in [4.78, 5) is 23.0.